The lowest BCUT2D eigenvalue weighted by atomic mass is 9.66. The Labute approximate surface area is 113 Å². The van der Waals surface area contributed by atoms with Crippen molar-refractivity contribution in [2.45, 2.75) is 33.1 Å². The average Bonchev–Trinajstić information content (AvgIpc) is 2.31. The molecule has 1 spiro atoms. The van der Waals surface area contributed by atoms with Gasteiger partial charge >= 0.3 is 6.03 Å². The van der Waals surface area contributed by atoms with E-state index in [1.807, 2.05) is 13.8 Å². The van der Waals surface area contributed by atoms with Gasteiger partial charge in [-0.25, -0.2) is 4.79 Å². The summed E-state index contributed by atoms with van der Waals surface area (Å²) < 4.78 is 0. The van der Waals surface area contributed by atoms with Gasteiger partial charge in [-0.2, -0.15) is 0 Å². The van der Waals surface area contributed by atoms with Gasteiger partial charge in [-0.1, -0.05) is 20.3 Å². The third-order valence-electron chi connectivity index (χ3n) is 4.30. The van der Waals surface area contributed by atoms with Gasteiger partial charge in [-0.15, -0.1) is 0 Å². The van der Waals surface area contributed by atoms with E-state index in [0.717, 1.165) is 19.5 Å². The van der Waals surface area contributed by atoms with Crippen LogP contribution in [0.2, 0.25) is 0 Å². The summed E-state index contributed by atoms with van der Waals surface area (Å²) in [5.41, 5.74) is -0.947. The quantitative estimate of drug-likeness (QED) is 0.740. The Balaban J connectivity index is 2.05. The summed E-state index contributed by atoms with van der Waals surface area (Å²) in [5.74, 6) is -0.715. The molecule has 0 unspecified atom stereocenters. The molecule has 0 aromatic heterocycles. The minimum Gasteiger partial charge on any atom is -0.302 e. The molecule has 1 heterocycles. The molecule has 2 fully saturated rings. The summed E-state index contributed by atoms with van der Waals surface area (Å²) >= 11 is 0. The molecule has 0 aromatic rings. The van der Waals surface area contributed by atoms with Crippen molar-refractivity contribution >= 4 is 17.8 Å². The third-order valence-corrected chi connectivity index (χ3v) is 4.30. The smallest absolute Gasteiger partial charge is 0.302 e. The Morgan fingerprint density at radius 1 is 1.21 bits per heavy atom. The molecule has 1 saturated heterocycles. The normalized spacial score (nSPS) is 21.8. The molecule has 2 aliphatic rings. The van der Waals surface area contributed by atoms with Crippen LogP contribution in [-0.2, 0) is 9.59 Å². The number of carbonyl (C=O) groups excluding carboxylic acids is 3. The lowest BCUT2D eigenvalue weighted by Gasteiger charge is -2.44. The first-order valence-electron chi connectivity index (χ1n) is 6.95. The van der Waals surface area contributed by atoms with E-state index in [4.69, 9.17) is 0 Å². The van der Waals surface area contributed by atoms with Crippen molar-refractivity contribution in [3.8, 4) is 0 Å². The zero-order valence-corrected chi connectivity index (χ0v) is 11.6. The molecule has 0 bridgehead atoms. The molecule has 106 valence electrons. The molecular weight excluding hydrogens is 246 g/mol. The molecule has 19 heavy (non-hydrogen) atoms. The van der Waals surface area contributed by atoms with E-state index in [2.05, 4.69) is 10.2 Å². The SMILES string of the molecule is CCN(CC)CCN1C(=O)NC(=O)C2(CCC2)C1=O. The standard InChI is InChI=1S/C13H21N3O3/c1-3-15(4-2)8-9-16-11(18)13(6-5-7-13)10(17)14-12(16)19/h3-9H2,1-2H3,(H,14,17,19). The highest BCUT2D eigenvalue weighted by atomic mass is 16.2. The van der Waals surface area contributed by atoms with Crippen molar-refractivity contribution in [3.63, 3.8) is 0 Å². The van der Waals surface area contributed by atoms with Crippen molar-refractivity contribution in [3.05, 3.63) is 0 Å². The predicted molar refractivity (Wildman–Crippen MR) is 69.3 cm³/mol. The van der Waals surface area contributed by atoms with E-state index >= 15 is 0 Å². The zero-order chi connectivity index (χ0) is 14.0. The topological polar surface area (TPSA) is 69.7 Å². The maximum Gasteiger partial charge on any atom is 0.330 e. The Bertz CT molecular complexity index is 400. The molecule has 1 saturated carbocycles. The van der Waals surface area contributed by atoms with Crippen molar-refractivity contribution in [2.24, 2.45) is 5.41 Å². The minimum absolute atomic E-state index is 0.306. The highest BCUT2D eigenvalue weighted by Gasteiger charge is 2.57. The Kier molecular flexibility index (Phi) is 3.89. The van der Waals surface area contributed by atoms with Gasteiger partial charge < -0.3 is 4.90 Å². The summed E-state index contributed by atoms with van der Waals surface area (Å²) in [6.45, 7) is 6.84. The highest BCUT2D eigenvalue weighted by molar-refractivity contribution is 6.19. The van der Waals surface area contributed by atoms with Crippen molar-refractivity contribution in [1.29, 1.82) is 0 Å². The summed E-state index contributed by atoms with van der Waals surface area (Å²) in [6, 6.07) is -0.570. The predicted octanol–water partition coefficient (Wildman–Crippen LogP) is 0.577. The first-order valence-corrected chi connectivity index (χ1v) is 6.95. The highest BCUT2D eigenvalue weighted by Crippen LogP contribution is 2.44. The molecule has 4 amide bonds. The second-order valence-electron chi connectivity index (χ2n) is 5.18. The summed E-state index contributed by atoms with van der Waals surface area (Å²) in [4.78, 5) is 39.3. The zero-order valence-electron chi connectivity index (χ0n) is 11.6. The van der Waals surface area contributed by atoms with Crippen LogP contribution in [0.15, 0.2) is 0 Å². The van der Waals surface area contributed by atoms with Crippen LogP contribution in [0, 0.1) is 5.41 Å². The van der Waals surface area contributed by atoms with Gasteiger partial charge in [0.1, 0.15) is 5.41 Å². The van der Waals surface area contributed by atoms with Gasteiger partial charge in [-0.05, 0) is 25.9 Å². The van der Waals surface area contributed by atoms with Gasteiger partial charge in [0, 0.05) is 13.1 Å². The number of urea groups is 1. The lowest BCUT2D eigenvalue weighted by molar-refractivity contribution is -0.157. The van der Waals surface area contributed by atoms with Crippen LogP contribution in [0.3, 0.4) is 0 Å². The van der Waals surface area contributed by atoms with E-state index < -0.39 is 17.4 Å². The molecule has 1 aliphatic heterocycles. The first kappa shape index (κ1) is 14.0. The molecule has 1 aliphatic carbocycles. The van der Waals surface area contributed by atoms with Gasteiger partial charge in [0.2, 0.25) is 11.8 Å². The van der Waals surface area contributed by atoms with E-state index in [-0.39, 0.29) is 5.91 Å². The second-order valence-corrected chi connectivity index (χ2v) is 5.18. The van der Waals surface area contributed by atoms with Crippen LogP contribution in [0.25, 0.3) is 0 Å². The van der Waals surface area contributed by atoms with E-state index in [1.54, 1.807) is 0 Å². The number of hydrogen-bond donors (Lipinski definition) is 1. The minimum atomic E-state index is -0.947. The molecule has 6 heteroatoms. The van der Waals surface area contributed by atoms with Crippen LogP contribution >= 0.6 is 0 Å². The number of amides is 4. The van der Waals surface area contributed by atoms with Gasteiger partial charge in [-0.3, -0.25) is 19.8 Å². The van der Waals surface area contributed by atoms with Crippen molar-refractivity contribution in [2.75, 3.05) is 26.2 Å². The number of likely N-dealkylation sites (N-methyl/N-ethyl adjacent to an activating group) is 1. The van der Waals surface area contributed by atoms with E-state index in [0.29, 0.717) is 25.9 Å². The van der Waals surface area contributed by atoms with Crippen molar-refractivity contribution in [1.82, 2.24) is 15.1 Å². The van der Waals surface area contributed by atoms with Gasteiger partial charge in [0.05, 0.1) is 0 Å². The number of hydrogen-bond acceptors (Lipinski definition) is 4. The monoisotopic (exact) mass is 267 g/mol. The van der Waals surface area contributed by atoms with Crippen LogP contribution in [0.1, 0.15) is 33.1 Å². The largest absolute Gasteiger partial charge is 0.330 e. The fourth-order valence-corrected chi connectivity index (χ4v) is 2.69. The second kappa shape index (κ2) is 5.28. The molecule has 0 atom stereocenters. The van der Waals surface area contributed by atoms with E-state index in [9.17, 15) is 14.4 Å². The molecule has 1 N–H and O–H groups in total. The Morgan fingerprint density at radius 2 is 1.84 bits per heavy atom. The van der Waals surface area contributed by atoms with Gasteiger partial charge in [0.15, 0.2) is 0 Å². The number of carbonyl (C=O) groups is 3. The van der Waals surface area contributed by atoms with Crippen LogP contribution in [0.4, 0.5) is 4.79 Å². The first-order chi connectivity index (χ1) is 9.05. The number of rotatable bonds is 5. The molecule has 0 aromatic carbocycles. The molecule has 6 nitrogen and oxygen atoms in total. The summed E-state index contributed by atoms with van der Waals surface area (Å²) in [5, 5.41) is 2.32. The van der Waals surface area contributed by atoms with Crippen LogP contribution in [0.5, 0.6) is 0 Å². The molecular formula is C13H21N3O3. The fraction of sp³-hybridized carbons (Fsp3) is 0.769. The summed E-state index contributed by atoms with van der Waals surface area (Å²) in [6.07, 6.45) is 2.00. The molecule has 2 rings (SSSR count). The maximum atomic E-state index is 12.4. The van der Waals surface area contributed by atoms with Crippen LogP contribution in [-0.4, -0.2) is 53.8 Å². The van der Waals surface area contributed by atoms with Crippen molar-refractivity contribution < 1.29 is 14.4 Å². The van der Waals surface area contributed by atoms with Gasteiger partial charge in [0.25, 0.3) is 0 Å². The Hall–Kier alpha value is -1.43. The Morgan fingerprint density at radius 3 is 2.32 bits per heavy atom. The number of nitrogens with zero attached hydrogens (tertiary/aromatic N) is 2. The van der Waals surface area contributed by atoms with Crippen LogP contribution < -0.4 is 5.32 Å². The fourth-order valence-electron chi connectivity index (χ4n) is 2.69. The maximum absolute atomic E-state index is 12.4. The average molecular weight is 267 g/mol. The van der Waals surface area contributed by atoms with E-state index in [1.165, 1.54) is 4.90 Å². The molecule has 0 radical (unpaired) electrons. The number of barbiturate groups is 1. The number of imide groups is 2. The summed E-state index contributed by atoms with van der Waals surface area (Å²) in [7, 11) is 0. The lowest BCUT2D eigenvalue weighted by Crippen LogP contribution is -2.66. The third kappa shape index (κ3) is 2.25. The number of nitrogens with one attached hydrogen (secondary N) is 1.